The zero-order valence-electron chi connectivity index (χ0n) is 43.7. The maximum Gasteiger partial charge on any atom is 0.136 e. The summed E-state index contributed by atoms with van der Waals surface area (Å²) in [5.41, 5.74) is 24.9. The lowest BCUT2D eigenvalue weighted by molar-refractivity contribution is -0.0399. The van der Waals surface area contributed by atoms with Crippen molar-refractivity contribution in [2.24, 2.45) is 23.7 Å². The topological polar surface area (TPSA) is 23.0 Å². The van der Waals surface area contributed by atoms with Gasteiger partial charge in [0.1, 0.15) is 11.2 Å². The third-order valence-electron chi connectivity index (χ3n) is 19.7. The third-order valence-corrected chi connectivity index (χ3v) is 19.7. The summed E-state index contributed by atoms with van der Waals surface area (Å²) in [6.07, 6.45) is 7.03. The van der Waals surface area contributed by atoms with Crippen LogP contribution in [0.3, 0.4) is 0 Å². The van der Waals surface area contributed by atoms with Crippen LogP contribution in [-0.4, -0.2) is 9.13 Å². The van der Waals surface area contributed by atoms with Gasteiger partial charge in [0, 0.05) is 49.1 Å². The minimum Gasteiger partial charge on any atom is -0.456 e. The van der Waals surface area contributed by atoms with Crippen LogP contribution in [0, 0.1) is 23.7 Å². The second kappa shape index (κ2) is 16.4. The molecular weight excluding hydrogens is 957 g/mol. The summed E-state index contributed by atoms with van der Waals surface area (Å²) < 4.78 is 11.6. The molecule has 0 unspecified atom stereocenters. The SMILES string of the molecule is c1ccc(-c2ccc(-c3cccc(-n4c5ccccc5c5cc(-c6ccc7c(c6)c6ccccc6n7-c6ccc7oc8cc(-c9ccc%10c(c9)C9(c%11ccccc%11-%10)C%10CC%11CC(C%10)CC9C%11)ccc8c7c6)ccc54)c3)cc2)cc1. The van der Waals surface area contributed by atoms with Crippen LogP contribution >= 0.6 is 0 Å². The Morgan fingerprint density at radius 3 is 1.51 bits per heavy atom. The van der Waals surface area contributed by atoms with E-state index in [2.05, 4.69) is 252 Å². The Bertz CT molecular complexity index is 4820. The van der Waals surface area contributed by atoms with Crippen LogP contribution < -0.4 is 0 Å². The zero-order chi connectivity index (χ0) is 51.5. The first kappa shape index (κ1) is 43.9. The van der Waals surface area contributed by atoms with Crippen LogP contribution in [0.25, 0.3) is 133 Å². The molecule has 14 aromatic rings. The van der Waals surface area contributed by atoms with Gasteiger partial charge in [-0.15, -0.1) is 0 Å². The maximum atomic E-state index is 6.77. The van der Waals surface area contributed by atoms with Gasteiger partial charge in [-0.25, -0.2) is 0 Å². The number of benzene rings is 11. The summed E-state index contributed by atoms with van der Waals surface area (Å²) in [4.78, 5) is 0. The Kier molecular flexibility index (Phi) is 9.12. The Balaban J connectivity index is 0.696. The second-order valence-corrected chi connectivity index (χ2v) is 23.6. The van der Waals surface area contributed by atoms with Crippen LogP contribution in [0.2, 0.25) is 0 Å². The molecular formula is C76H54N2O. The number of para-hydroxylation sites is 2. The quantitative estimate of drug-likeness (QED) is 0.163. The van der Waals surface area contributed by atoms with E-state index in [0.29, 0.717) is 0 Å². The molecule has 1 spiro atoms. The molecule has 4 bridgehead atoms. The van der Waals surface area contributed by atoms with Gasteiger partial charge in [0.15, 0.2) is 0 Å². The van der Waals surface area contributed by atoms with E-state index in [9.17, 15) is 0 Å². The number of rotatable bonds is 6. The molecule has 0 N–H and O–H groups in total. The molecule has 0 saturated heterocycles. The molecule has 19 rings (SSSR count). The molecule has 5 aliphatic rings. The lowest BCUT2D eigenvalue weighted by Crippen LogP contribution is -2.55. The highest BCUT2D eigenvalue weighted by atomic mass is 16.3. The maximum absolute atomic E-state index is 6.77. The van der Waals surface area contributed by atoms with Crippen LogP contribution in [0.5, 0.6) is 0 Å². The van der Waals surface area contributed by atoms with Crippen molar-refractivity contribution in [3.05, 3.63) is 254 Å². The highest BCUT2D eigenvalue weighted by Gasteiger charge is 2.61. The molecule has 374 valence electrons. The van der Waals surface area contributed by atoms with Crippen LogP contribution in [-0.2, 0) is 5.41 Å². The summed E-state index contributed by atoms with van der Waals surface area (Å²) in [6.45, 7) is 0. The highest BCUT2D eigenvalue weighted by Crippen LogP contribution is 2.69. The predicted molar refractivity (Wildman–Crippen MR) is 327 cm³/mol. The molecule has 3 heterocycles. The van der Waals surface area contributed by atoms with E-state index in [0.717, 1.165) is 57.0 Å². The van der Waals surface area contributed by atoms with Gasteiger partial charge in [-0.1, -0.05) is 158 Å². The van der Waals surface area contributed by atoms with E-state index < -0.39 is 0 Å². The average Bonchev–Trinajstić information content (AvgIpc) is 4.21. The fraction of sp³-hybridized carbons (Fsp3) is 0.132. The van der Waals surface area contributed by atoms with Crippen molar-refractivity contribution in [1.29, 1.82) is 0 Å². The monoisotopic (exact) mass is 1010 g/mol. The van der Waals surface area contributed by atoms with Crippen LogP contribution in [0.15, 0.2) is 247 Å². The Labute approximate surface area is 458 Å². The normalized spacial score (nSPS) is 19.9. The molecule has 79 heavy (non-hydrogen) atoms. The van der Waals surface area contributed by atoms with E-state index >= 15 is 0 Å². The Morgan fingerprint density at radius 1 is 0.291 bits per heavy atom. The number of hydrogen-bond donors (Lipinski definition) is 0. The number of furan rings is 1. The molecule has 0 radical (unpaired) electrons. The predicted octanol–water partition coefficient (Wildman–Crippen LogP) is 20.2. The molecule has 4 fully saturated rings. The summed E-state index contributed by atoms with van der Waals surface area (Å²) in [5.74, 6) is 3.33. The van der Waals surface area contributed by atoms with Gasteiger partial charge in [0.05, 0.1) is 22.1 Å². The Hall–Kier alpha value is -9.18. The molecule has 5 aliphatic carbocycles. The van der Waals surface area contributed by atoms with E-state index in [-0.39, 0.29) is 5.41 Å². The minimum atomic E-state index is 0.147. The van der Waals surface area contributed by atoms with Crippen molar-refractivity contribution in [2.75, 3.05) is 0 Å². The second-order valence-electron chi connectivity index (χ2n) is 23.6. The van der Waals surface area contributed by atoms with Crippen molar-refractivity contribution < 1.29 is 4.42 Å². The van der Waals surface area contributed by atoms with Gasteiger partial charge >= 0.3 is 0 Å². The van der Waals surface area contributed by atoms with Crippen LogP contribution in [0.1, 0.15) is 43.2 Å². The molecule has 3 heteroatoms. The number of nitrogens with zero attached hydrogens (tertiary/aromatic N) is 2. The molecule has 3 aromatic heterocycles. The van der Waals surface area contributed by atoms with E-state index in [1.54, 1.807) is 11.1 Å². The Morgan fingerprint density at radius 2 is 0.797 bits per heavy atom. The molecule has 0 atom stereocenters. The lowest BCUT2D eigenvalue weighted by Gasteiger charge is -2.61. The highest BCUT2D eigenvalue weighted by molar-refractivity contribution is 6.13. The van der Waals surface area contributed by atoms with Crippen molar-refractivity contribution in [3.8, 4) is 67.0 Å². The largest absolute Gasteiger partial charge is 0.456 e. The van der Waals surface area contributed by atoms with E-state index in [1.165, 1.54) is 131 Å². The average molecular weight is 1010 g/mol. The van der Waals surface area contributed by atoms with Gasteiger partial charge in [0.2, 0.25) is 0 Å². The van der Waals surface area contributed by atoms with Gasteiger partial charge in [-0.3, -0.25) is 0 Å². The molecule has 11 aromatic carbocycles. The fourth-order valence-electron chi connectivity index (χ4n) is 16.6. The number of hydrogen-bond acceptors (Lipinski definition) is 1. The van der Waals surface area contributed by atoms with Gasteiger partial charge in [0.25, 0.3) is 0 Å². The first-order valence-corrected chi connectivity index (χ1v) is 28.6. The zero-order valence-corrected chi connectivity index (χ0v) is 43.7. The van der Waals surface area contributed by atoms with Gasteiger partial charge in [-0.2, -0.15) is 0 Å². The van der Waals surface area contributed by atoms with Crippen LogP contribution in [0.4, 0.5) is 0 Å². The van der Waals surface area contributed by atoms with E-state index in [4.69, 9.17) is 4.42 Å². The summed E-state index contributed by atoms with van der Waals surface area (Å²) in [6, 6.07) is 90.7. The molecule has 0 aliphatic heterocycles. The third kappa shape index (κ3) is 6.30. The number of aromatic nitrogens is 2. The minimum absolute atomic E-state index is 0.147. The van der Waals surface area contributed by atoms with E-state index in [1.807, 2.05) is 0 Å². The fourth-order valence-corrected chi connectivity index (χ4v) is 16.6. The van der Waals surface area contributed by atoms with Crippen molar-refractivity contribution in [1.82, 2.24) is 9.13 Å². The van der Waals surface area contributed by atoms with Crippen molar-refractivity contribution in [3.63, 3.8) is 0 Å². The summed E-state index contributed by atoms with van der Waals surface area (Å²) in [5, 5.41) is 7.24. The molecule has 4 saturated carbocycles. The van der Waals surface area contributed by atoms with Gasteiger partial charge in [-0.05, 0) is 207 Å². The smallest absolute Gasteiger partial charge is 0.136 e. The molecule has 0 amide bonds. The molecule has 3 nitrogen and oxygen atoms in total. The standard InChI is InChI=1S/C76H54N2O/c1-2-11-48(12-3-1)49-21-23-50(24-22-49)51-13-10-14-58(40-51)77-70-19-8-5-16-62(70)65-41-52(27-32-72(65)77)53-28-33-73-66(42-53)63-17-6-9-20-71(63)78(73)59-29-34-74-67(45-59)64-31-26-55(44-75(64)79-74)54-25-30-61-60-15-4-7-18-68(60)76(69(61)43-54)56-36-46-35-47(38-56)39-57(76)37-46/h1-34,40-47,56-57H,35-39H2. The van der Waals surface area contributed by atoms with Crippen molar-refractivity contribution in [2.45, 2.75) is 37.5 Å². The lowest BCUT2D eigenvalue weighted by atomic mass is 9.43. The summed E-state index contributed by atoms with van der Waals surface area (Å²) >= 11 is 0. The first-order chi connectivity index (χ1) is 39.1. The van der Waals surface area contributed by atoms with Crippen molar-refractivity contribution >= 4 is 65.6 Å². The first-order valence-electron chi connectivity index (χ1n) is 28.6. The van der Waals surface area contributed by atoms with Gasteiger partial charge < -0.3 is 13.6 Å². The number of fused-ring (bicyclic) bond motifs is 12. The summed E-state index contributed by atoms with van der Waals surface area (Å²) in [7, 11) is 0.